The number of benzene rings is 1. The number of rotatable bonds is 3. The number of hydrogen-bond donors (Lipinski definition) is 2. The van der Waals surface area contributed by atoms with E-state index in [2.05, 4.69) is 10.4 Å². The zero-order valence-corrected chi connectivity index (χ0v) is 17.4. The monoisotopic (exact) mass is 475 g/mol. The fourth-order valence-electron chi connectivity index (χ4n) is 5.69. The van der Waals surface area contributed by atoms with Crippen molar-refractivity contribution in [1.29, 1.82) is 0 Å². The summed E-state index contributed by atoms with van der Waals surface area (Å²) in [5.74, 6) is -0.735. The van der Waals surface area contributed by atoms with Gasteiger partial charge in [0.25, 0.3) is 0 Å². The van der Waals surface area contributed by atoms with Crippen LogP contribution in [0.1, 0.15) is 35.2 Å². The molecule has 0 unspecified atom stereocenters. The van der Waals surface area contributed by atoms with Crippen LogP contribution in [0, 0.1) is 12.3 Å². The molecule has 2 aromatic rings. The third-order valence-electron chi connectivity index (χ3n) is 7.18. The summed E-state index contributed by atoms with van der Waals surface area (Å²) in [4.78, 5) is 13.5. The average Bonchev–Trinajstić information content (AvgIpc) is 2.92. The Morgan fingerprint density at radius 3 is 2.58 bits per heavy atom. The van der Waals surface area contributed by atoms with Crippen LogP contribution in [0.4, 0.5) is 32.0 Å². The van der Waals surface area contributed by atoms with E-state index in [1.807, 2.05) is 0 Å². The predicted molar refractivity (Wildman–Crippen MR) is 101 cm³/mol. The highest BCUT2D eigenvalue weighted by Crippen LogP contribution is 2.78. The van der Waals surface area contributed by atoms with E-state index in [0.29, 0.717) is 5.56 Å². The molecule has 1 aliphatic carbocycles. The number of fused-ring (bicyclic) bond motifs is 5. The first-order valence-electron chi connectivity index (χ1n) is 10.2. The minimum atomic E-state index is -4.80. The van der Waals surface area contributed by atoms with Crippen LogP contribution in [0.2, 0.25) is 0 Å². The number of nitrogens with zero attached hydrogens (tertiary/aromatic N) is 2. The number of aryl methyl sites for hydroxylation is 2. The number of alkyl halides is 6. The number of ether oxygens (including phenoxy) is 1. The van der Waals surface area contributed by atoms with E-state index >= 15 is 0 Å². The van der Waals surface area contributed by atoms with Crippen molar-refractivity contribution in [2.24, 2.45) is 12.5 Å². The van der Waals surface area contributed by atoms with Crippen LogP contribution in [0.15, 0.2) is 24.4 Å². The number of carbonyl (C=O) groups excluding carboxylic acids is 1. The van der Waals surface area contributed by atoms with Gasteiger partial charge in [-0.1, -0.05) is 6.07 Å². The fourth-order valence-corrected chi connectivity index (χ4v) is 5.69. The van der Waals surface area contributed by atoms with Crippen LogP contribution < -0.4 is 5.32 Å². The quantitative estimate of drug-likeness (QED) is 0.666. The highest BCUT2D eigenvalue weighted by Gasteiger charge is 2.88. The van der Waals surface area contributed by atoms with Crippen molar-refractivity contribution in [2.45, 2.75) is 55.8 Å². The molecule has 3 aliphatic rings. The molecule has 2 aliphatic heterocycles. The van der Waals surface area contributed by atoms with Crippen LogP contribution >= 0.6 is 0 Å². The molecule has 1 aromatic heterocycles. The van der Waals surface area contributed by atoms with E-state index in [4.69, 9.17) is 4.74 Å². The molecule has 3 heterocycles. The van der Waals surface area contributed by atoms with Gasteiger partial charge in [-0.2, -0.15) is 31.4 Å². The molecule has 1 saturated carbocycles. The Kier molecular flexibility index (Phi) is 4.37. The third kappa shape index (κ3) is 2.89. The molecule has 33 heavy (non-hydrogen) atoms. The first-order valence-corrected chi connectivity index (χ1v) is 10.2. The number of aromatic nitrogens is 2. The molecule has 1 aromatic carbocycles. The SMILES string of the molecule is Cc1ccc(C(F)(F)F)cc1NC(=O)[C@]12C[C@@]1(c1cn(C)nc1C(F)(F)F)[C@H]1O[C@@H]2C[C@@H]1O. The Bertz CT molecular complexity index is 1160. The Morgan fingerprint density at radius 2 is 1.94 bits per heavy atom. The number of aliphatic hydroxyl groups excluding tert-OH is 1. The molecule has 12 heteroatoms. The van der Waals surface area contributed by atoms with Crippen molar-refractivity contribution in [3.05, 3.63) is 46.8 Å². The topological polar surface area (TPSA) is 76.4 Å². The number of anilines is 1. The van der Waals surface area contributed by atoms with E-state index in [1.54, 1.807) is 0 Å². The van der Waals surface area contributed by atoms with E-state index in [0.717, 1.165) is 16.8 Å². The molecular formula is C21H19F6N3O3. The van der Waals surface area contributed by atoms with Gasteiger partial charge in [0.15, 0.2) is 5.69 Å². The summed E-state index contributed by atoms with van der Waals surface area (Å²) in [6.45, 7) is 1.51. The molecule has 1 amide bonds. The van der Waals surface area contributed by atoms with Crippen LogP contribution in [-0.4, -0.2) is 39.1 Å². The number of hydrogen-bond acceptors (Lipinski definition) is 4. The molecule has 3 fully saturated rings. The van der Waals surface area contributed by atoms with Crippen molar-refractivity contribution in [3.63, 3.8) is 0 Å². The van der Waals surface area contributed by atoms with Crippen LogP contribution in [0.3, 0.4) is 0 Å². The zero-order valence-electron chi connectivity index (χ0n) is 17.4. The first-order chi connectivity index (χ1) is 15.2. The Labute approximate surface area is 183 Å². The maximum absolute atomic E-state index is 13.7. The molecule has 178 valence electrons. The molecule has 6 nitrogen and oxygen atoms in total. The van der Waals surface area contributed by atoms with Gasteiger partial charge in [0.2, 0.25) is 5.91 Å². The van der Waals surface area contributed by atoms with Crippen molar-refractivity contribution >= 4 is 11.6 Å². The van der Waals surface area contributed by atoms with Crippen LogP contribution in [-0.2, 0) is 34.3 Å². The van der Waals surface area contributed by atoms with Crippen molar-refractivity contribution in [3.8, 4) is 0 Å². The number of halogens is 6. The van der Waals surface area contributed by atoms with Gasteiger partial charge in [-0.05, 0) is 31.0 Å². The van der Waals surface area contributed by atoms with Gasteiger partial charge < -0.3 is 15.2 Å². The molecule has 0 radical (unpaired) electrons. The average molecular weight is 475 g/mol. The summed E-state index contributed by atoms with van der Waals surface area (Å²) in [6, 6.07) is 2.88. The fraction of sp³-hybridized carbons (Fsp3) is 0.524. The smallest absolute Gasteiger partial charge is 0.390 e. The van der Waals surface area contributed by atoms with E-state index < -0.39 is 58.7 Å². The normalized spacial score (nSPS) is 32.7. The Morgan fingerprint density at radius 1 is 1.24 bits per heavy atom. The van der Waals surface area contributed by atoms with E-state index in [1.165, 1.54) is 26.2 Å². The largest absolute Gasteiger partial charge is 0.435 e. The molecule has 2 N–H and O–H groups in total. The van der Waals surface area contributed by atoms with Gasteiger partial charge in [-0.15, -0.1) is 0 Å². The lowest BCUT2D eigenvalue weighted by Gasteiger charge is -2.29. The zero-order chi connectivity index (χ0) is 24.1. The summed E-state index contributed by atoms with van der Waals surface area (Å²) < 4.78 is 87.4. The van der Waals surface area contributed by atoms with Crippen molar-refractivity contribution in [2.75, 3.05) is 5.32 Å². The molecule has 0 spiro atoms. The Hall–Kier alpha value is -2.60. The van der Waals surface area contributed by atoms with E-state index in [-0.39, 0.29) is 24.1 Å². The number of carbonyl (C=O) groups is 1. The third-order valence-corrected chi connectivity index (χ3v) is 7.18. The highest BCUT2D eigenvalue weighted by molar-refractivity contribution is 6.01. The molecule has 2 saturated heterocycles. The summed E-state index contributed by atoms with van der Waals surface area (Å²) in [5.41, 5.74) is -5.04. The van der Waals surface area contributed by atoms with Crippen molar-refractivity contribution < 1.29 is 41.0 Å². The number of nitrogens with one attached hydrogen (secondary N) is 1. The Balaban J connectivity index is 1.57. The predicted octanol–water partition coefficient (Wildman–Crippen LogP) is 3.56. The lowest BCUT2D eigenvalue weighted by atomic mass is 9.73. The van der Waals surface area contributed by atoms with Gasteiger partial charge in [-0.25, -0.2) is 0 Å². The second kappa shape index (κ2) is 6.50. The lowest BCUT2D eigenvalue weighted by molar-refractivity contribution is -0.143. The van der Waals surface area contributed by atoms with Gasteiger partial charge in [-0.3, -0.25) is 9.48 Å². The second-order valence-electron chi connectivity index (χ2n) is 9.01. The maximum atomic E-state index is 13.7. The summed E-state index contributed by atoms with van der Waals surface area (Å²) in [7, 11) is 1.32. The maximum Gasteiger partial charge on any atom is 0.435 e. The van der Waals surface area contributed by atoms with Gasteiger partial charge >= 0.3 is 12.4 Å². The van der Waals surface area contributed by atoms with Crippen LogP contribution in [0.25, 0.3) is 0 Å². The summed E-state index contributed by atoms with van der Waals surface area (Å²) >= 11 is 0. The van der Waals surface area contributed by atoms with Crippen molar-refractivity contribution in [1.82, 2.24) is 9.78 Å². The molecule has 5 rings (SSSR count). The number of amides is 1. The van der Waals surface area contributed by atoms with Crippen LogP contribution in [0.5, 0.6) is 0 Å². The standard InChI is InChI=1S/C21H19F6N3O3/c1-9-3-4-10(20(22,23)24)5-12(9)28-17(32)19-8-18(19,16-13(31)6-14(19)33-16)11-7-30(2)29-15(11)21(25,26)27/h3-5,7,13-14,16,31H,6,8H2,1-2H3,(H,28,32)/t13-,14+,16-,18+,19+/m0/s1. The highest BCUT2D eigenvalue weighted by atomic mass is 19.4. The van der Waals surface area contributed by atoms with Gasteiger partial charge in [0.1, 0.15) is 0 Å². The lowest BCUT2D eigenvalue weighted by Crippen LogP contribution is -2.45. The first kappa shape index (κ1) is 22.2. The molecular weight excluding hydrogens is 456 g/mol. The van der Waals surface area contributed by atoms with E-state index in [9.17, 15) is 36.2 Å². The molecule has 5 atom stereocenters. The minimum Gasteiger partial charge on any atom is -0.390 e. The summed E-state index contributed by atoms with van der Waals surface area (Å²) in [5, 5.41) is 16.4. The minimum absolute atomic E-state index is 0.0367. The summed E-state index contributed by atoms with van der Waals surface area (Å²) in [6.07, 6.45) is -11.3. The second-order valence-corrected chi connectivity index (χ2v) is 9.01. The van der Waals surface area contributed by atoms with Gasteiger partial charge in [0.05, 0.1) is 29.3 Å². The van der Waals surface area contributed by atoms with Gasteiger partial charge in [0, 0.05) is 36.3 Å². The number of aliphatic hydroxyl groups is 1. The molecule has 2 bridgehead atoms.